The number of allylic oxidation sites excluding steroid dienone is 4. The summed E-state index contributed by atoms with van der Waals surface area (Å²) in [4.78, 5) is 8.67. The first-order valence-corrected chi connectivity index (χ1v) is 13.7. The smallest absolute Gasteiger partial charge is 0.294 e. The van der Waals surface area contributed by atoms with Crippen LogP contribution in [0.3, 0.4) is 0 Å². The van der Waals surface area contributed by atoms with Crippen LogP contribution in [0.15, 0.2) is 83.6 Å². The van der Waals surface area contributed by atoms with Crippen molar-refractivity contribution in [2.45, 2.75) is 18.6 Å². The fourth-order valence-electron chi connectivity index (χ4n) is 3.82. The lowest BCUT2D eigenvalue weighted by atomic mass is 10.1. The van der Waals surface area contributed by atoms with Gasteiger partial charge in [-0.2, -0.15) is 0 Å². The lowest BCUT2D eigenvalue weighted by molar-refractivity contribution is 0.228. The molecule has 0 fully saturated rings. The first kappa shape index (κ1) is 27.3. The molecular formula is C25H28F5N5O2S. The van der Waals surface area contributed by atoms with E-state index < -0.39 is 15.5 Å². The normalized spacial score (nSPS) is 20.5. The number of aromatic nitrogens is 2. The van der Waals surface area contributed by atoms with E-state index in [9.17, 15) is 19.4 Å². The van der Waals surface area contributed by atoms with E-state index >= 15 is 0 Å². The third-order valence-corrected chi connectivity index (χ3v) is 7.06. The standard InChI is InChI=1S/C25H28F5N5O2S/c1-18-15-35(17-34-18)22-10-6-19(14-24(22)36-2)7-11-23-25(31-12-13-37-23)33-16-32-20-4-3-5-21(9-8-20)38(26,27,28,29)30/h3-6,8-11,14-15,17,21,32H,7,12-13,16H2,1-2H3,(H,31,33). The number of imidazole rings is 1. The molecule has 1 unspecified atom stereocenters. The molecule has 7 nitrogen and oxygen atoms in total. The second-order valence-electron chi connectivity index (χ2n) is 8.67. The number of ether oxygens (including phenoxy) is 2. The first-order chi connectivity index (χ1) is 17.8. The molecule has 2 heterocycles. The van der Waals surface area contributed by atoms with Crippen molar-refractivity contribution in [1.29, 1.82) is 0 Å². The fraction of sp³-hybridized carbons (Fsp3) is 0.280. The molecule has 1 aromatic heterocycles. The van der Waals surface area contributed by atoms with Crippen molar-refractivity contribution in [3.63, 3.8) is 0 Å². The third-order valence-electron chi connectivity index (χ3n) is 5.71. The highest BCUT2D eigenvalue weighted by atomic mass is 32.5. The second kappa shape index (κ2) is 9.86. The van der Waals surface area contributed by atoms with Crippen LogP contribution in [0.4, 0.5) is 19.4 Å². The number of rotatable bonds is 8. The number of hydrogen-bond acceptors (Lipinski definition) is 6. The average molecular weight is 558 g/mol. The number of nitrogens with one attached hydrogen (secondary N) is 2. The second-order valence-corrected chi connectivity index (χ2v) is 11.3. The van der Waals surface area contributed by atoms with Gasteiger partial charge in [0.1, 0.15) is 17.6 Å². The summed E-state index contributed by atoms with van der Waals surface area (Å²) in [5, 5.41) is 2.98. The van der Waals surface area contributed by atoms with Crippen LogP contribution in [0.1, 0.15) is 11.3 Å². The fourth-order valence-corrected chi connectivity index (χ4v) is 4.58. The maximum atomic E-state index is 13.1. The molecule has 2 N–H and O–H groups in total. The van der Waals surface area contributed by atoms with E-state index in [1.54, 1.807) is 13.4 Å². The Bertz CT molecular complexity index is 1350. The molecule has 4 rings (SSSR count). The van der Waals surface area contributed by atoms with Crippen LogP contribution in [0.5, 0.6) is 5.75 Å². The number of amidine groups is 1. The quantitative estimate of drug-likeness (QED) is 0.314. The Balaban J connectivity index is 1.37. The maximum Gasteiger partial charge on any atom is 0.294 e. The van der Waals surface area contributed by atoms with Crippen LogP contribution >= 0.6 is 10.2 Å². The molecule has 38 heavy (non-hydrogen) atoms. The molecule has 1 atom stereocenters. The SMILES string of the molecule is COc1cc(CC=C2OCCN=C2NCNC2=CC=CC(S(F)(F)(F)(F)F)C=C2)ccc1-n1cnc(C)c1. The largest absolute Gasteiger partial charge is 0.495 e. The Kier molecular flexibility index (Phi) is 7.08. The monoisotopic (exact) mass is 557 g/mol. The molecule has 0 bridgehead atoms. The summed E-state index contributed by atoms with van der Waals surface area (Å²) in [5.41, 5.74) is 2.96. The van der Waals surface area contributed by atoms with Gasteiger partial charge in [-0.1, -0.05) is 43.7 Å². The van der Waals surface area contributed by atoms with Crippen molar-refractivity contribution in [2.75, 3.05) is 26.9 Å². The van der Waals surface area contributed by atoms with Crippen LogP contribution in [0, 0.1) is 6.92 Å². The van der Waals surface area contributed by atoms with E-state index in [1.807, 2.05) is 42.0 Å². The lowest BCUT2D eigenvalue weighted by Crippen LogP contribution is -2.37. The molecule has 13 heteroatoms. The van der Waals surface area contributed by atoms with Crippen molar-refractivity contribution in [3.05, 3.63) is 89.9 Å². The summed E-state index contributed by atoms with van der Waals surface area (Å²) in [6.07, 6.45) is 10.1. The molecule has 1 aliphatic heterocycles. The van der Waals surface area contributed by atoms with E-state index in [1.165, 1.54) is 6.08 Å². The zero-order valence-corrected chi connectivity index (χ0v) is 21.5. The molecular weight excluding hydrogens is 529 g/mol. The van der Waals surface area contributed by atoms with Crippen molar-refractivity contribution < 1.29 is 28.9 Å². The third kappa shape index (κ3) is 6.97. The van der Waals surface area contributed by atoms with Gasteiger partial charge in [-0.05, 0) is 49.3 Å². The number of methoxy groups -OCH3 is 1. The van der Waals surface area contributed by atoms with Gasteiger partial charge >= 0.3 is 0 Å². The van der Waals surface area contributed by atoms with E-state index in [0.29, 0.717) is 49.1 Å². The number of aliphatic imine (C=N–C) groups is 1. The molecule has 0 saturated heterocycles. The van der Waals surface area contributed by atoms with Gasteiger partial charge in [0.25, 0.3) is 10.2 Å². The average Bonchev–Trinajstić information content (AvgIpc) is 3.13. The Hall–Kier alpha value is -3.74. The Morgan fingerprint density at radius 2 is 2.00 bits per heavy atom. The highest BCUT2D eigenvalue weighted by Crippen LogP contribution is 3.00. The predicted octanol–water partition coefficient (Wildman–Crippen LogP) is 5.86. The molecule has 0 spiro atoms. The minimum Gasteiger partial charge on any atom is -0.495 e. The Morgan fingerprint density at radius 3 is 2.71 bits per heavy atom. The van der Waals surface area contributed by atoms with Crippen LogP contribution in [-0.4, -0.2) is 47.6 Å². The van der Waals surface area contributed by atoms with Gasteiger partial charge < -0.3 is 24.7 Å². The number of nitrogens with zero attached hydrogens (tertiary/aromatic N) is 3. The lowest BCUT2D eigenvalue weighted by Gasteiger charge is -2.44. The van der Waals surface area contributed by atoms with Gasteiger partial charge in [-0.3, -0.25) is 4.99 Å². The Labute approximate surface area is 217 Å². The molecule has 2 aliphatic rings. The van der Waals surface area contributed by atoms with Crippen molar-refractivity contribution >= 4 is 16.1 Å². The summed E-state index contributed by atoms with van der Waals surface area (Å²) < 4.78 is 78.6. The van der Waals surface area contributed by atoms with E-state index in [0.717, 1.165) is 29.1 Å². The Morgan fingerprint density at radius 1 is 1.18 bits per heavy atom. The van der Waals surface area contributed by atoms with Gasteiger partial charge in [-0.15, -0.1) is 0 Å². The summed E-state index contributed by atoms with van der Waals surface area (Å²) in [5.74, 6) is 1.68. The van der Waals surface area contributed by atoms with Gasteiger partial charge in [0.2, 0.25) is 0 Å². The minimum absolute atomic E-state index is 0.0808. The summed E-state index contributed by atoms with van der Waals surface area (Å²) in [6.45, 7) is 2.82. The van der Waals surface area contributed by atoms with E-state index in [4.69, 9.17) is 9.47 Å². The number of benzene rings is 1. The highest BCUT2D eigenvalue weighted by Gasteiger charge is 2.68. The van der Waals surface area contributed by atoms with Crippen molar-refractivity contribution in [1.82, 2.24) is 20.2 Å². The molecule has 1 aliphatic carbocycles. The molecule has 0 radical (unpaired) electrons. The first-order valence-electron chi connectivity index (χ1n) is 11.7. The molecule has 0 saturated carbocycles. The van der Waals surface area contributed by atoms with Crippen molar-refractivity contribution in [3.8, 4) is 11.4 Å². The maximum absolute atomic E-state index is 13.1. The van der Waals surface area contributed by atoms with Gasteiger partial charge in [0.15, 0.2) is 11.6 Å². The summed E-state index contributed by atoms with van der Waals surface area (Å²) in [6, 6.07) is 5.83. The molecule has 2 aromatic rings. The number of aryl methyl sites for hydroxylation is 1. The highest BCUT2D eigenvalue weighted by molar-refractivity contribution is 8.46. The number of hydrogen-bond donors (Lipinski definition) is 2. The molecule has 1 aromatic carbocycles. The molecule has 0 amide bonds. The van der Waals surface area contributed by atoms with Gasteiger partial charge in [-0.25, -0.2) is 4.98 Å². The van der Waals surface area contributed by atoms with Crippen LogP contribution in [0.2, 0.25) is 0 Å². The van der Waals surface area contributed by atoms with Crippen LogP contribution < -0.4 is 15.4 Å². The predicted molar refractivity (Wildman–Crippen MR) is 139 cm³/mol. The molecule has 206 valence electrons. The van der Waals surface area contributed by atoms with Crippen LogP contribution in [-0.2, 0) is 11.2 Å². The summed E-state index contributed by atoms with van der Waals surface area (Å²) in [7, 11) is -8.07. The van der Waals surface area contributed by atoms with Crippen molar-refractivity contribution in [2.24, 2.45) is 4.99 Å². The van der Waals surface area contributed by atoms with Gasteiger partial charge in [0, 0.05) is 11.9 Å². The van der Waals surface area contributed by atoms with Gasteiger partial charge in [0.05, 0.1) is 38.0 Å². The zero-order valence-electron chi connectivity index (χ0n) is 20.7. The van der Waals surface area contributed by atoms with E-state index in [2.05, 4.69) is 20.6 Å². The summed E-state index contributed by atoms with van der Waals surface area (Å²) >= 11 is 0. The topological polar surface area (TPSA) is 72.7 Å². The number of halogens is 5. The van der Waals surface area contributed by atoms with Crippen LogP contribution in [0.25, 0.3) is 5.69 Å². The van der Waals surface area contributed by atoms with E-state index in [-0.39, 0.29) is 12.4 Å². The minimum atomic E-state index is -9.67. The zero-order chi connectivity index (χ0) is 27.5.